The van der Waals surface area contributed by atoms with Gasteiger partial charge in [0.15, 0.2) is 11.9 Å². The van der Waals surface area contributed by atoms with Crippen LogP contribution >= 0.6 is 0 Å². The molecule has 24 heavy (non-hydrogen) atoms. The maximum atomic E-state index is 6.06. The SMILES string of the molecule is COc1ccc([N+]2=Cc3cccc(-c4ccccc4)c3OC2)nc1. The number of hydrogen-bond donors (Lipinski definition) is 0. The Bertz CT molecular complexity index is 887. The molecule has 0 atom stereocenters. The summed E-state index contributed by atoms with van der Waals surface area (Å²) in [6, 6.07) is 20.3. The summed E-state index contributed by atoms with van der Waals surface area (Å²) < 4.78 is 13.2. The number of hydrogen-bond acceptors (Lipinski definition) is 3. The summed E-state index contributed by atoms with van der Waals surface area (Å²) in [5.41, 5.74) is 3.30. The van der Waals surface area contributed by atoms with Crippen molar-refractivity contribution >= 4 is 12.0 Å². The highest BCUT2D eigenvalue weighted by atomic mass is 16.5. The first-order valence-electron chi connectivity index (χ1n) is 7.78. The molecule has 0 saturated carbocycles. The van der Waals surface area contributed by atoms with Gasteiger partial charge in [0.2, 0.25) is 6.73 Å². The van der Waals surface area contributed by atoms with Crippen LogP contribution in [0.3, 0.4) is 0 Å². The topological polar surface area (TPSA) is 34.4 Å². The Kier molecular flexibility index (Phi) is 3.71. The van der Waals surface area contributed by atoms with Gasteiger partial charge in [0, 0.05) is 11.6 Å². The highest BCUT2D eigenvalue weighted by Crippen LogP contribution is 2.34. The minimum atomic E-state index is 0.427. The van der Waals surface area contributed by atoms with E-state index in [0.29, 0.717) is 6.73 Å². The second kappa shape index (κ2) is 6.16. The number of pyridine rings is 1. The van der Waals surface area contributed by atoms with Crippen molar-refractivity contribution in [1.82, 2.24) is 4.98 Å². The van der Waals surface area contributed by atoms with Crippen molar-refractivity contribution in [2.75, 3.05) is 13.8 Å². The molecule has 2 heterocycles. The maximum Gasteiger partial charge on any atom is 0.325 e. The molecule has 1 aliphatic heterocycles. The van der Waals surface area contributed by atoms with Crippen LogP contribution in [-0.4, -0.2) is 29.6 Å². The molecule has 2 aromatic carbocycles. The van der Waals surface area contributed by atoms with Gasteiger partial charge in [0.25, 0.3) is 0 Å². The van der Waals surface area contributed by atoms with E-state index in [1.54, 1.807) is 13.3 Å². The first kappa shape index (κ1) is 14.5. The zero-order valence-electron chi connectivity index (χ0n) is 13.3. The van der Waals surface area contributed by atoms with Gasteiger partial charge in [-0.3, -0.25) is 0 Å². The van der Waals surface area contributed by atoms with Gasteiger partial charge in [-0.2, -0.15) is 4.58 Å². The quantitative estimate of drug-likeness (QED) is 0.688. The van der Waals surface area contributed by atoms with E-state index in [0.717, 1.165) is 34.0 Å². The minimum absolute atomic E-state index is 0.427. The molecule has 0 unspecified atom stereocenters. The molecule has 0 bridgehead atoms. The van der Waals surface area contributed by atoms with Crippen molar-refractivity contribution in [2.24, 2.45) is 0 Å². The van der Waals surface area contributed by atoms with Crippen molar-refractivity contribution in [2.45, 2.75) is 0 Å². The number of rotatable bonds is 3. The molecule has 4 rings (SSSR count). The number of ether oxygens (including phenoxy) is 2. The van der Waals surface area contributed by atoms with Crippen molar-refractivity contribution in [3.63, 3.8) is 0 Å². The van der Waals surface area contributed by atoms with Gasteiger partial charge in [-0.05, 0) is 22.7 Å². The van der Waals surface area contributed by atoms with E-state index in [1.165, 1.54) is 0 Å². The molecule has 0 spiro atoms. The summed E-state index contributed by atoms with van der Waals surface area (Å²) in [6.45, 7) is 0.427. The lowest BCUT2D eigenvalue weighted by Gasteiger charge is -2.18. The molecule has 0 amide bonds. The van der Waals surface area contributed by atoms with E-state index >= 15 is 0 Å². The lowest BCUT2D eigenvalue weighted by atomic mass is 10.0. The van der Waals surface area contributed by atoms with Gasteiger partial charge in [-0.15, -0.1) is 0 Å². The molecule has 4 nitrogen and oxygen atoms in total. The molecular weight excluding hydrogens is 300 g/mol. The summed E-state index contributed by atoms with van der Waals surface area (Å²) in [4.78, 5) is 4.42. The van der Waals surface area contributed by atoms with E-state index in [1.807, 2.05) is 41.0 Å². The largest absolute Gasteiger partial charge is 0.493 e. The van der Waals surface area contributed by atoms with Crippen LogP contribution < -0.4 is 9.47 Å². The third kappa shape index (κ3) is 2.63. The van der Waals surface area contributed by atoms with Gasteiger partial charge in [-0.1, -0.05) is 42.5 Å². The number of benzene rings is 2. The predicted molar refractivity (Wildman–Crippen MR) is 93.2 cm³/mol. The number of methoxy groups -OCH3 is 1. The average Bonchev–Trinajstić information content (AvgIpc) is 2.68. The fourth-order valence-corrected chi connectivity index (χ4v) is 2.80. The Hall–Kier alpha value is -3.14. The van der Waals surface area contributed by atoms with Crippen molar-refractivity contribution in [3.05, 3.63) is 72.4 Å². The zero-order valence-corrected chi connectivity index (χ0v) is 13.3. The molecule has 1 aromatic heterocycles. The Labute approximate surface area is 140 Å². The predicted octanol–water partition coefficient (Wildman–Crippen LogP) is 3.87. The van der Waals surface area contributed by atoms with E-state index in [9.17, 15) is 0 Å². The van der Waals surface area contributed by atoms with Crippen LogP contribution in [0.15, 0.2) is 66.9 Å². The fraction of sp³-hybridized carbons (Fsp3) is 0.100. The normalized spacial score (nSPS) is 12.8. The van der Waals surface area contributed by atoms with Crippen molar-refractivity contribution in [3.8, 4) is 22.6 Å². The van der Waals surface area contributed by atoms with Crippen LogP contribution in [0.4, 0.5) is 5.82 Å². The van der Waals surface area contributed by atoms with Crippen LogP contribution in [0.1, 0.15) is 5.56 Å². The van der Waals surface area contributed by atoms with Gasteiger partial charge in [-0.25, -0.2) is 0 Å². The molecule has 1 aliphatic rings. The van der Waals surface area contributed by atoms with Gasteiger partial charge in [0.05, 0.1) is 12.7 Å². The second-order valence-corrected chi connectivity index (χ2v) is 5.52. The number of fused-ring (bicyclic) bond motifs is 1. The molecule has 0 aliphatic carbocycles. The molecule has 0 radical (unpaired) electrons. The summed E-state index contributed by atoms with van der Waals surface area (Å²) >= 11 is 0. The first-order chi connectivity index (χ1) is 11.8. The number of para-hydroxylation sites is 1. The summed E-state index contributed by atoms with van der Waals surface area (Å²) in [5, 5.41) is 0. The van der Waals surface area contributed by atoms with E-state index in [2.05, 4.69) is 35.5 Å². The van der Waals surface area contributed by atoms with Gasteiger partial charge in [0.1, 0.15) is 12.0 Å². The third-order valence-corrected chi connectivity index (χ3v) is 4.02. The highest BCUT2D eigenvalue weighted by molar-refractivity contribution is 5.87. The molecule has 0 saturated heterocycles. The minimum Gasteiger partial charge on any atom is -0.493 e. The molecule has 0 N–H and O–H groups in total. The van der Waals surface area contributed by atoms with Crippen LogP contribution in [0.5, 0.6) is 11.5 Å². The average molecular weight is 317 g/mol. The standard InChI is InChI=1S/C20H17N2O2/c1-23-17-10-11-19(21-12-17)22-13-16-8-5-9-18(20(16)24-14-22)15-6-3-2-4-7-15/h2-13H,14H2,1H3/q+1. The van der Waals surface area contributed by atoms with Crippen LogP contribution in [0.25, 0.3) is 11.1 Å². The van der Waals surface area contributed by atoms with Crippen molar-refractivity contribution in [1.29, 1.82) is 0 Å². The molecule has 4 heteroatoms. The number of nitrogens with zero attached hydrogens (tertiary/aromatic N) is 2. The van der Waals surface area contributed by atoms with E-state index < -0.39 is 0 Å². The maximum absolute atomic E-state index is 6.06. The molecular formula is C20H17N2O2+. The van der Waals surface area contributed by atoms with Crippen molar-refractivity contribution < 1.29 is 14.0 Å². The fourth-order valence-electron chi connectivity index (χ4n) is 2.80. The van der Waals surface area contributed by atoms with Gasteiger partial charge >= 0.3 is 5.82 Å². The van der Waals surface area contributed by atoms with E-state index in [-0.39, 0.29) is 0 Å². The molecule has 0 fully saturated rings. The van der Waals surface area contributed by atoms with Gasteiger partial charge < -0.3 is 9.47 Å². The smallest absolute Gasteiger partial charge is 0.325 e. The molecule has 3 aromatic rings. The lowest BCUT2D eigenvalue weighted by molar-refractivity contribution is -0.479. The van der Waals surface area contributed by atoms with Crippen LogP contribution in [0, 0.1) is 0 Å². The zero-order chi connectivity index (χ0) is 16.4. The lowest BCUT2D eigenvalue weighted by Crippen LogP contribution is -2.21. The molecule has 118 valence electrons. The number of aromatic nitrogens is 1. The Morgan fingerprint density at radius 1 is 1.00 bits per heavy atom. The summed E-state index contributed by atoms with van der Waals surface area (Å²) in [6.07, 6.45) is 3.78. The first-order valence-corrected chi connectivity index (χ1v) is 7.78. The Morgan fingerprint density at radius 2 is 1.88 bits per heavy atom. The summed E-state index contributed by atoms with van der Waals surface area (Å²) in [5.74, 6) is 2.48. The Balaban J connectivity index is 1.74. The summed E-state index contributed by atoms with van der Waals surface area (Å²) in [7, 11) is 1.63. The van der Waals surface area contributed by atoms with Crippen LogP contribution in [0.2, 0.25) is 0 Å². The second-order valence-electron chi connectivity index (χ2n) is 5.52. The third-order valence-electron chi connectivity index (χ3n) is 4.02. The van der Waals surface area contributed by atoms with E-state index in [4.69, 9.17) is 9.47 Å². The van der Waals surface area contributed by atoms with Crippen LogP contribution in [-0.2, 0) is 0 Å². The highest BCUT2D eigenvalue weighted by Gasteiger charge is 2.21. The Morgan fingerprint density at radius 3 is 2.62 bits per heavy atom. The monoisotopic (exact) mass is 317 g/mol.